The van der Waals surface area contributed by atoms with Gasteiger partial charge in [0.2, 0.25) is 0 Å². The second-order valence-corrected chi connectivity index (χ2v) is 5.90. The zero-order valence-corrected chi connectivity index (χ0v) is 13.3. The average Bonchev–Trinajstić information content (AvgIpc) is 2.86. The number of aldehydes is 1. The molecule has 3 aromatic rings. The largest absolute Gasteiger partial charge is 0.378 e. The molecule has 0 saturated heterocycles. The SMILES string of the molecule is CN(C)c1ccn2c(-c3ccc(Br)cc3)nc(C=O)c2c1. The Bertz CT molecular complexity index is 806. The van der Waals surface area contributed by atoms with Crippen LogP contribution in [0.5, 0.6) is 0 Å². The molecule has 2 heterocycles. The van der Waals surface area contributed by atoms with Crippen LogP contribution in [0.1, 0.15) is 10.5 Å². The molecule has 2 aromatic heterocycles. The van der Waals surface area contributed by atoms with Gasteiger partial charge in [-0.2, -0.15) is 0 Å². The summed E-state index contributed by atoms with van der Waals surface area (Å²) in [5.74, 6) is 0.768. The summed E-state index contributed by atoms with van der Waals surface area (Å²) in [7, 11) is 3.94. The van der Waals surface area contributed by atoms with E-state index in [4.69, 9.17) is 0 Å². The molecule has 0 bridgehead atoms. The van der Waals surface area contributed by atoms with E-state index in [1.807, 2.05) is 66.0 Å². The van der Waals surface area contributed by atoms with E-state index in [1.165, 1.54) is 0 Å². The van der Waals surface area contributed by atoms with Crippen LogP contribution in [0.4, 0.5) is 5.69 Å². The van der Waals surface area contributed by atoms with Gasteiger partial charge in [0.05, 0.1) is 5.52 Å². The number of anilines is 1. The summed E-state index contributed by atoms with van der Waals surface area (Å²) >= 11 is 3.42. The van der Waals surface area contributed by atoms with Crippen molar-refractivity contribution in [3.8, 4) is 11.4 Å². The number of carbonyl (C=O) groups is 1. The van der Waals surface area contributed by atoms with Gasteiger partial charge < -0.3 is 4.90 Å². The molecule has 0 aliphatic rings. The highest BCUT2D eigenvalue weighted by Crippen LogP contribution is 2.26. The van der Waals surface area contributed by atoms with E-state index in [1.54, 1.807) is 0 Å². The lowest BCUT2D eigenvalue weighted by atomic mass is 10.2. The minimum Gasteiger partial charge on any atom is -0.378 e. The van der Waals surface area contributed by atoms with Gasteiger partial charge in [0.25, 0.3) is 0 Å². The van der Waals surface area contributed by atoms with Crippen molar-refractivity contribution < 1.29 is 4.79 Å². The Kier molecular flexibility index (Phi) is 3.51. The number of pyridine rings is 1. The summed E-state index contributed by atoms with van der Waals surface area (Å²) in [6.07, 6.45) is 2.75. The van der Waals surface area contributed by atoms with E-state index in [2.05, 4.69) is 20.9 Å². The Hall–Kier alpha value is -2.14. The first kappa shape index (κ1) is 13.8. The summed E-state index contributed by atoms with van der Waals surface area (Å²) in [5.41, 5.74) is 3.28. The van der Waals surface area contributed by atoms with Gasteiger partial charge >= 0.3 is 0 Å². The zero-order valence-electron chi connectivity index (χ0n) is 11.7. The molecule has 0 fully saturated rings. The third kappa shape index (κ3) is 2.45. The fraction of sp³-hybridized carbons (Fsp3) is 0.125. The number of hydrogen-bond donors (Lipinski definition) is 0. The van der Waals surface area contributed by atoms with E-state index in [0.717, 1.165) is 33.4 Å². The summed E-state index contributed by atoms with van der Waals surface area (Å²) < 4.78 is 2.96. The number of rotatable bonds is 3. The van der Waals surface area contributed by atoms with E-state index in [-0.39, 0.29) is 0 Å². The molecule has 0 saturated carbocycles. The number of imidazole rings is 1. The van der Waals surface area contributed by atoms with Crippen LogP contribution in [0.3, 0.4) is 0 Å². The van der Waals surface area contributed by atoms with E-state index < -0.39 is 0 Å². The number of carbonyl (C=O) groups excluding carboxylic acids is 1. The maximum absolute atomic E-state index is 11.3. The number of benzene rings is 1. The van der Waals surface area contributed by atoms with Crippen LogP contribution in [0.2, 0.25) is 0 Å². The van der Waals surface area contributed by atoms with Gasteiger partial charge in [0.1, 0.15) is 11.5 Å². The lowest BCUT2D eigenvalue weighted by Gasteiger charge is -2.12. The number of fused-ring (bicyclic) bond motifs is 1. The van der Waals surface area contributed by atoms with Crippen molar-refractivity contribution in [1.29, 1.82) is 0 Å². The number of hydrogen-bond acceptors (Lipinski definition) is 3. The molecule has 0 unspecified atom stereocenters. The van der Waals surface area contributed by atoms with Crippen LogP contribution in [0, 0.1) is 0 Å². The summed E-state index contributed by atoms with van der Waals surface area (Å²) in [6.45, 7) is 0. The maximum Gasteiger partial charge on any atom is 0.170 e. The molecule has 3 rings (SSSR count). The number of nitrogens with zero attached hydrogens (tertiary/aromatic N) is 3. The Morgan fingerprint density at radius 3 is 2.52 bits per heavy atom. The molecule has 0 spiro atoms. The van der Waals surface area contributed by atoms with Gasteiger partial charge in [-0.1, -0.05) is 28.1 Å². The van der Waals surface area contributed by atoms with Gasteiger partial charge in [-0.3, -0.25) is 9.20 Å². The first-order chi connectivity index (χ1) is 10.1. The second kappa shape index (κ2) is 5.33. The Morgan fingerprint density at radius 1 is 1.19 bits per heavy atom. The number of halogens is 1. The predicted octanol–water partition coefficient (Wildman–Crippen LogP) is 3.64. The van der Waals surface area contributed by atoms with Crippen LogP contribution >= 0.6 is 15.9 Å². The molecule has 0 aliphatic carbocycles. The molecule has 4 nitrogen and oxygen atoms in total. The lowest BCUT2D eigenvalue weighted by molar-refractivity contribution is 0.112. The predicted molar refractivity (Wildman–Crippen MR) is 88.0 cm³/mol. The van der Waals surface area contributed by atoms with Gasteiger partial charge in [-0.25, -0.2) is 4.98 Å². The van der Waals surface area contributed by atoms with Crippen molar-refractivity contribution in [3.05, 3.63) is 52.8 Å². The van der Waals surface area contributed by atoms with E-state index in [9.17, 15) is 4.79 Å². The highest BCUT2D eigenvalue weighted by atomic mass is 79.9. The van der Waals surface area contributed by atoms with Crippen molar-refractivity contribution in [3.63, 3.8) is 0 Å². The van der Waals surface area contributed by atoms with Gasteiger partial charge in [-0.05, 0) is 24.3 Å². The van der Waals surface area contributed by atoms with Crippen LogP contribution in [-0.4, -0.2) is 29.8 Å². The highest BCUT2D eigenvalue weighted by molar-refractivity contribution is 9.10. The monoisotopic (exact) mass is 343 g/mol. The van der Waals surface area contributed by atoms with E-state index >= 15 is 0 Å². The van der Waals surface area contributed by atoms with Gasteiger partial charge in [0, 0.05) is 36.0 Å². The summed E-state index contributed by atoms with van der Waals surface area (Å²) in [5, 5.41) is 0. The minimum absolute atomic E-state index is 0.455. The number of aromatic nitrogens is 2. The highest BCUT2D eigenvalue weighted by Gasteiger charge is 2.13. The Labute approximate surface area is 131 Å². The van der Waals surface area contributed by atoms with Crippen LogP contribution in [-0.2, 0) is 0 Å². The van der Waals surface area contributed by atoms with Crippen molar-refractivity contribution in [2.75, 3.05) is 19.0 Å². The average molecular weight is 344 g/mol. The lowest BCUT2D eigenvalue weighted by Crippen LogP contribution is -2.08. The standard InChI is InChI=1S/C16H14BrN3O/c1-19(2)13-7-8-20-15(9-13)14(10-21)18-16(20)11-3-5-12(17)6-4-11/h3-10H,1-2H3. The fourth-order valence-corrected chi connectivity index (χ4v) is 2.53. The molecule has 21 heavy (non-hydrogen) atoms. The van der Waals surface area contributed by atoms with E-state index in [0.29, 0.717) is 5.69 Å². The Morgan fingerprint density at radius 2 is 1.90 bits per heavy atom. The maximum atomic E-state index is 11.3. The second-order valence-electron chi connectivity index (χ2n) is 4.98. The first-order valence-corrected chi connectivity index (χ1v) is 7.30. The molecule has 0 N–H and O–H groups in total. The van der Waals surface area contributed by atoms with Crippen LogP contribution in [0.25, 0.3) is 16.9 Å². The third-order valence-corrected chi connectivity index (χ3v) is 3.91. The molecule has 0 aliphatic heterocycles. The molecule has 1 aromatic carbocycles. The minimum atomic E-state index is 0.455. The van der Waals surface area contributed by atoms with Gasteiger partial charge in [0.15, 0.2) is 6.29 Å². The summed E-state index contributed by atoms with van der Waals surface area (Å²) in [6, 6.07) is 11.9. The summed E-state index contributed by atoms with van der Waals surface area (Å²) in [4.78, 5) is 17.8. The van der Waals surface area contributed by atoms with Crippen molar-refractivity contribution >= 4 is 33.4 Å². The zero-order chi connectivity index (χ0) is 15.0. The molecule has 0 radical (unpaired) electrons. The molecule has 0 atom stereocenters. The van der Waals surface area contributed by atoms with Crippen LogP contribution < -0.4 is 4.90 Å². The molecule has 5 heteroatoms. The van der Waals surface area contributed by atoms with Crippen molar-refractivity contribution in [1.82, 2.24) is 9.38 Å². The molecule has 106 valence electrons. The molecular formula is C16H14BrN3O. The smallest absolute Gasteiger partial charge is 0.170 e. The van der Waals surface area contributed by atoms with Crippen LogP contribution in [0.15, 0.2) is 47.1 Å². The molecule has 0 amide bonds. The first-order valence-electron chi connectivity index (χ1n) is 6.50. The van der Waals surface area contributed by atoms with Crippen molar-refractivity contribution in [2.24, 2.45) is 0 Å². The quantitative estimate of drug-likeness (QED) is 0.681. The van der Waals surface area contributed by atoms with Crippen molar-refractivity contribution in [2.45, 2.75) is 0 Å². The van der Waals surface area contributed by atoms with Gasteiger partial charge in [-0.15, -0.1) is 0 Å². The Balaban J connectivity index is 2.24. The normalized spacial score (nSPS) is 10.8. The molecular weight excluding hydrogens is 330 g/mol. The fourth-order valence-electron chi connectivity index (χ4n) is 2.26. The topological polar surface area (TPSA) is 37.6 Å². The third-order valence-electron chi connectivity index (χ3n) is 3.39.